The summed E-state index contributed by atoms with van der Waals surface area (Å²) >= 11 is 0. The minimum Gasteiger partial charge on any atom is -0.381 e. The zero-order chi connectivity index (χ0) is 11.4. The van der Waals surface area contributed by atoms with Crippen molar-refractivity contribution >= 4 is 5.91 Å². The summed E-state index contributed by atoms with van der Waals surface area (Å²) in [4.78, 5) is 22.5. The van der Waals surface area contributed by atoms with Gasteiger partial charge in [-0.1, -0.05) is 0 Å². The fourth-order valence-corrected chi connectivity index (χ4v) is 1.57. The first-order valence-corrected chi connectivity index (χ1v) is 5.20. The summed E-state index contributed by atoms with van der Waals surface area (Å²) in [6.45, 7) is 1.34. The molecule has 1 aliphatic rings. The quantitative estimate of drug-likeness (QED) is 0.719. The maximum absolute atomic E-state index is 11.7. The lowest BCUT2D eigenvalue weighted by Crippen LogP contribution is -2.39. The third-order valence-electron chi connectivity index (χ3n) is 2.47. The summed E-state index contributed by atoms with van der Waals surface area (Å²) in [5.41, 5.74) is -0.0892. The molecule has 0 spiro atoms. The minimum absolute atomic E-state index is 0.134. The van der Waals surface area contributed by atoms with Crippen LogP contribution in [0.15, 0.2) is 16.9 Å². The van der Waals surface area contributed by atoms with E-state index < -0.39 is 0 Å². The van der Waals surface area contributed by atoms with Gasteiger partial charge in [-0.05, 0) is 18.9 Å². The molecule has 0 radical (unpaired) electrons. The van der Waals surface area contributed by atoms with Crippen molar-refractivity contribution in [3.05, 3.63) is 28.2 Å². The SMILES string of the molecule is O=C(NC1CCOCC1)c1ccc(=O)[nH]n1. The Morgan fingerprint density at radius 1 is 1.44 bits per heavy atom. The predicted molar refractivity (Wildman–Crippen MR) is 56.2 cm³/mol. The van der Waals surface area contributed by atoms with E-state index in [0.717, 1.165) is 12.8 Å². The Balaban J connectivity index is 1.96. The molecule has 6 heteroatoms. The topological polar surface area (TPSA) is 84.1 Å². The molecule has 2 N–H and O–H groups in total. The van der Waals surface area contributed by atoms with Gasteiger partial charge in [0, 0.05) is 25.3 Å². The van der Waals surface area contributed by atoms with Gasteiger partial charge in [-0.2, -0.15) is 5.10 Å². The van der Waals surface area contributed by atoms with E-state index in [-0.39, 0.29) is 23.2 Å². The first kappa shape index (κ1) is 10.8. The van der Waals surface area contributed by atoms with Crippen LogP contribution in [-0.2, 0) is 4.74 Å². The van der Waals surface area contributed by atoms with Gasteiger partial charge in [0.25, 0.3) is 11.5 Å². The molecule has 16 heavy (non-hydrogen) atoms. The van der Waals surface area contributed by atoms with Gasteiger partial charge in [0.1, 0.15) is 5.69 Å². The van der Waals surface area contributed by atoms with Crippen LogP contribution >= 0.6 is 0 Å². The third kappa shape index (κ3) is 2.66. The van der Waals surface area contributed by atoms with Crippen LogP contribution in [0.25, 0.3) is 0 Å². The molecule has 0 unspecified atom stereocenters. The number of aromatic amines is 1. The second-order valence-electron chi connectivity index (χ2n) is 3.67. The number of nitrogens with one attached hydrogen (secondary N) is 2. The van der Waals surface area contributed by atoms with Crippen molar-refractivity contribution in [2.24, 2.45) is 0 Å². The van der Waals surface area contributed by atoms with Crippen molar-refractivity contribution in [3.63, 3.8) is 0 Å². The summed E-state index contributed by atoms with van der Waals surface area (Å²) in [5.74, 6) is -0.261. The Morgan fingerprint density at radius 3 is 2.81 bits per heavy atom. The number of carbonyl (C=O) groups excluding carboxylic acids is 1. The molecule has 1 aliphatic heterocycles. The molecule has 1 aromatic heterocycles. The van der Waals surface area contributed by atoms with Crippen LogP contribution < -0.4 is 10.9 Å². The molecule has 0 bridgehead atoms. The van der Waals surface area contributed by atoms with Crippen LogP contribution in [0.5, 0.6) is 0 Å². The van der Waals surface area contributed by atoms with E-state index in [1.165, 1.54) is 12.1 Å². The third-order valence-corrected chi connectivity index (χ3v) is 2.47. The number of hydrogen-bond donors (Lipinski definition) is 2. The zero-order valence-corrected chi connectivity index (χ0v) is 8.73. The number of rotatable bonds is 2. The lowest BCUT2D eigenvalue weighted by molar-refractivity contribution is 0.0693. The van der Waals surface area contributed by atoms with Gasteiger partial charge in [0.2, 0.25) is 0 Å². The van der Waals surface area contributed by atoms with Crippen molar-refractivity contribution in [2.45, 2.75) is 18.9 Å². The molecular formula is C10H13N3O3. The van der Waals surface area contributed by atoms with Gasteiger partial charge in [-0.3, -0.25) is 9.59 Å². The Morgan fingerprint density at radius 2 is 2.19 bits per heavy atom. The maximum Gasteiger partial charge on any atom is 0.271 e. The number of amides is 1. The molecule has 1 aromatic rings. The number of carbonyl (C=O) groups is 1. The van der Waals surface area contributed by atoms with Gasteiger partial charge >= 0.3 is 0 Å². The number of H-pyrrole nitrogens is 1. The van der Waals surface area contributed by atoms with Crippen LogP contribution in [0.3, 0.4) is 0 Å². The van der Waals surface area contributed by atoms with Crippen molar-refractivity contribution < 1.29 is 9.53 Å². The van der Waals surface area contributed by atoms with Crippen LogP contribution in [0.2, 0.25) is 0 Å². The molecule has 0 atom stereocenters. The standard InChI is InChI=1S/C10H13N3O3/c14-9-2-1-8(12-13-9)10(15)11-7-3-5-16-6-4-7/h1-2,7H,3-6H2,(H,11,15)(H,13,14). The smallest absolute Gasteiger partial charge is 0.271 e. The summed E-state index contributed by atoms with van der Waals surface area (Å²) in [6, 6.07) is 2.83. The van der Waals surface area contributed by atoms with E-state index in [4.69, 9.17) is 4.74 Å². The van der Waals surface area contributed by atoms with Crippen molar-refractivity contribution in [1.29, 1.82) is 0 Å². The zero-order valence-electron chi connectivity index (χ0n) is 8.73. The molecule has 0 aliphatic carbocycles. The highest BCUT2D eigenvalue weighted by Crippen LogP contribution is 2.06. The number of hydrogen-bond acceptors (Lipinski definition) is 4. The highest BCUT2D eigenvalue weighted by Gasteiger charge is 2.17. The highest BCUT2D eigenvalue weighted by molar-refractivity contribution is 5.92. The Bertz CT molecular complexity index is 403. The molecule has 6 nitrogen and oxygen atoms in total. The maximum atomic E-state index is 11.7. The monoisotopic (exact) mass is 223 g/mol. The van der Waals surface area contributed by atoms with E-state index in [1.54, 1.807) is 0 Å². The van der Waals surface area contributed by atoms with Crippen molar-refractivity contribution in [3.8, 4) is 0 Å². The fourth-order valence-electron chi connectivity index (χ4n) is 1.57. The minimum atomic E-state index is -0.317. The van der Waals surface area contributed by atoms with E-state index in [9.17, 15) is 9.59 Å². The first-order valence-electron chi connectivity index (χ1n) is 5.20. The van der Waals surface area contributed by atoms with Gasteiger partial charge in [0.05, 0.1) is 0 Å². The Kier molecular flexibility index (Phi) is 3.31. The van der Waals surface area contributed by atoms with Crippen LogP contribution in [0.1, 0.15) is 23.3 Å². The van der Waals surface area contributed by atoms with E-state index in [2.05, 4.69) is 15.5 Å². The van der Waals surface area contributed by atoms with E-state index in [1.807, 2.05) is 0 Å². The first-order chi connectivity index (χ1) is 7.75. The largest absolute Gasteiger partial charge is 0.381 e. The van der Waals surface area contributed by atoms with Gasteiger partial charge in [0.15, 0.2) is 0 Å². The molecule has 1 saturated heterocycles. The molecule has 1 fully saturated rings. The second kappa shape index (κ2) is 4.89. The lowest BCUT2D eigenvalue weighted by Gasteiger charge is -2.22. The average molecular weight is 223 g/mol. The number of aromatic nitrogens is 2. The van der Waals surface area contributed by atoms with E-state index >= 15 is 0 Å². The summed E-state index contributed by atoms with van der Waals surface area (Å²) in [5, 5.41) is 8.74. The van der Waals surface area contributed by atoms with Crippen LogP contribution in [0, 0.1) is 0 Å². The summed E-state index contributed by atoms with van der Waals surface area (Å²) in [7, 11) is 0. The molecule has 0 saturated carbocycles. The van der Waals surface area contributed by atoms with Crippen molar-refractivity contribution in [2.75, 3.05) is 13.2 Å². The van der Waals surface area contributed by atoms with E-state index in [0.29, 0.717) is 13.2 Å². The second-order valence-corrected chi connectivity index (χ2v) is 3.67. The molecule has 2 rings (SSSR count). The van der Waals surface area contributed by atoms with Gasteiger partial charge in [-0.15, -0.1) is 0 Å². The lowest BCUT2D eigenvalue weighted by atomic mass is 10.1. The average Bonchev–Trinajstić information content (AvgIpc) is 2.31. The predicted octanol–water partition coefficient (Wildman–Crippen LogP) is -0.321. The summed E-state index contributed by atoms with van der Waals surface area (Å²) in [6.07, 6.45) is 1.63. The fraction of sp³-hybridized carbons (Fsp3) is 0.500. The van der Waals surface area contributed by atoms with Gasteiger partial charge in [-0.25, -0.2) is 5.10 Å². The van der Waals surface area contributed by atoms with Gasteiger partial charge < -0.3 is 10.1 Å². The molecule has 86 valence electrons. The van der Waals surface area contributed by atoms with Crippen molar-refractivity contribution in [1.82, 2.24) is 15.5 Å². The molecule has 2 heterocycles. The van der Waals surface area contributed by atoms with Crippen LogP contribution in [0.4, 0.5) is 0 Å². The number of nitrogens with zero attached hydrogens (tertiary/aromatic N) is 1. The molecule has 0 aromatic carbocycles. The Labute approximate surface area is 92.0 Å². The normalized spacial score (nSPS) is 17.0. The number of ether oxygens (including phenoxy) is 1. The Hall–Kier alpha value is -1.69. The summed E-state index contributed by atoms with van der Waals surface area (Å²) < 4.78 is 5.19. The molecular weight excluding hydrogens is 210 g/mol. The molecule has 1 amide bonds. The highest BCUT2D eigenvalue weighted by atomic mass is 16.5. The van der Waals surface area contributed by atoms with Crippen LogP contribution in [-0.4, -0.2) is 35.4 Å².